The van der Waals surface area contributed by atoms with E-state index in [1.165, 1.54) is 7.16 Å². The van der Waals surface area contributed by atoms with Crippen molar-refractivity contribution >= 4 is 40.2 Å². The van der Waals surface area contributed by atoms with Crippen LogP contribution in [-0.2, 0) is 32.3 Å². The van der Waals surface area contributed by atoms with Crippen LogP contribution in [0.2, 0.25) is 0 Å². The van der Waals surface area contributed by atoms with Gasteiger partial charge in [0.25, 0.3) is 0 Å². The molecule has 35 heavy (non-hydrogen) atoms. The molecule has 0 aliphatic rings. The van der Waals surface area contributed by atoms with E-state index in [1.54, 1.807) is 0 Å². The fourth-order valence-corrected chi connectivity index (χ4v) is 5.90. The molecule has 5 heteroatoms. The second-order valence-corrected chi connectivity index (χ2v) is 11.4. The molecule has 4 rings (SSSR count). The molecule has 0 N–H and O–H groups in total. The number of hydrogen-bond acceptors (Lipinski definition) is 4. The summed E-state index contributed by atoms with van der Waals surface area (Å²) in [6, 6.07) is 40.2. The maximum atomic E-state index is 11.5. The van der Waals surface area contributed by atoms with E-state index in [4.69, 9.17) is 9.47 Å². The Morgan fingerprint density at radius 3 is 1.17 bits per heavy atom. The van der Waals surface area contributed by atoms with E-state index >= 15 is 0 Å². The molecule has 0 bridgehead atoms. The van der Waals surface area contributed by atoms with Crippen molar-refractivity contribution in [1.29, 1.82) is 0 Å². The van der Waals surface area contributed by atoms with Gasteiger partial charge in [-0.25, -0.2) is 9.59 Å². The molecule has 174 valence electrons. The number of rotatable bonds is 8. The third kappa shape index (κ3) is 10.9. The van der Waals surface area contributed by atoms with Gasteiger partial charge in [0.2, 0.25) is 0 Å². The van der Waals surface area contributed by atoms with Crippen LogP contribution in [-0.4, -0.2) is 33.1 Å². The monoisotopic (exact) mass is 570 g/mol. The molecule has 0 aliphatic carbocycles. The van der Waals surface area contributed by atoms with Crippen molar-refractivity contribution in [2.45, 2.75) is 13.2 Å². The van der Waals surface area contributed by atoms with Gasteiger partial charge >= 0.3 is 101 Å². The third-order valence-corrected chi connectivity index (χ3v) is 8.19. The van der Waals surface area contributed by atoms with Crippen molar-refractivity contribution in [3.63, 3.8) is 0 Å². The van der Waals surface area contributed by atoms with Gasteiger partial charge in [0.05, 0.1) is 0 Å². The topological polar surface area (TPSA) is 52.6 Å². The molecule has 2 radical (unpaired) electrons. The Hall–Kier alpha value is -3.64. The Morgan fingerprint density at radius 2 is 0.829 bits per heavy atom. The quantitative estimate of drug-likeness (QED) is 0.180. The summed E-state index contributed by atoms with van der Waals surface area (Å²) in [5, 5.41) is 0. The first-order valence-electron chi connectivity index (χ1n) is 11.2. The van der Waals surface area contributed by atoms with E-state index in [2.05, 4.69) is 60.7 Å². The Morgan fingerprint density at radius 1 is 0.514 bits per heavy atom. The maximum absolute atomic E-state index is 11.5. The molecule has 0 heterocycles. The number of carbonyl (C=O) groups is 2. The predicted octanol–water partition coefficient (Wildman–Crippen LogP) is 4.37. The summed E-state index contributed by atoms with van der Waals surface area (Å²) in [7, 11) is 0. The molecule has 0 spiro atoms. The molecule has 0 aromatic heterocycles. The van der Waals surface area contributed by atoms with Crippen molar-refractivity contribution in [3.8, 4) is 0 Å². The van der Waals surface area contributed by atoms with Gasteiger partial charge in [-0.3, -0.25) is 0 Å². The number of hydrogen-bond donors (Lipinski definition) is 0. The third-order valence-electron chi connectivity index (χ3n) is 4.64. The summed E-state index contributed by atoms with van der Waals surface area (Å²) >= 11 is -0.517. The molecule has 4 nitrogen and oxygen atoms in total. The van der Waals surface area contributed by atoms with Gasteiger partial charge in [0.15, 0.2) is 0 Å². The van der Waals surface area contributed by atoms with Crippen LogP contribution < -0.4 is 7.16 Å². The van der Waals surface area contributed by atoms with Crippen LogP contribution in [0.4, 0.5) is 0 Å². The molecule has 4 aromatic rings. The van der Waals surface area contributed by atoms with E-state index in [1.807, 2.05) is 60.7 Å². The van der Waals surface area contributed by atoms with E-state index < -0.39 is 33.1 Å². The van der Waals surface area contributed by atoms with Gasteiger partial charge in [0.1, 0.15) is 13.2 Å². The molecule has 0 saturated carbocycles. The van der Waals surface area contributed by atoms with Gasteiger partial charge in [-0.15, -0.1) is 0 Å². The molecule has 0 fully saturated rings. The van der Waals surface area contributed by atoms with Crippen molar-refractivity contribution in [1.82, 2.24) is 0 Å². The Kier molecular flexibility index (Phi) is 11.4. The van der Waals surface area contributed by atoms with Crippen LogP contribution >= 0.6 is 0 Å². The number of benzene rings is 4. The average Bonchev–Trinajstić information content (AvgIpc) is 2.92. The summed E-state index contributed by atoms with van der Waals surface area (Å²) in [6.45, 7) is 0.339. The Labute approximate surface area is 216 Å². The number of esters is 2. The SMILES string of the molecule is O=C(/C=C\C(=O)OCc1ccccc1)OCc1ccccc1.c1cc[c]([Sn][c]2ccccc2)cc1. The first-order chi connectivity index (χ1) is 17.2. The van der Waals surface area contributed by atoms with Crippen molar-refractivity contribution in [2.24, 2.45) is 0 Å². The summed E-state index contributed by atoms with van der Waals surface area (Å²) in [5.41, 5.74) is 1.77. The summed E-state index contributed by atoms with van der Waals surface area (Å²) in [6.07, 6.45) is 2.13. The van der Waals surface area contributed by atoms with E-state index in [0.29, 0.717) is 0 Å². The Bertz CT molecular complexity index is 1080. The summed E-state index contributed by atoms with van der Waals surface area (Å²) in [5.74, 6) is -1.17. The standard InChI is InChI=1S/C18H16O4.2C6H5.Sn/c19-17(21-13-15-7-3-1-4-8-15)11-12-18(20)22-14-16-9-5-2-6-10-16;2*1-2-4-6-5-3-1;/h1-12H,13-14H2;2*1-5H;/b12-11-;;;. The molecule has 0 aliphatic heterocycles. The van der Waals surface area contributed by atoms with E-state index in [-0.39, 0.29) is 13.2 Å². The minimum atomic E-state index is -0.583. The second-order valence-electron chi connectivity index (χ2n) is 7.38. The normalized spacial score (nSPS) is 10.2. The fourth-order valence-electron chi connectivity index (χ4n) is 2.90. The van der Waals surface area contributed by atoms with Crippen LogP contribution in [0.15, 0.2) is 133 Å². The van der Waals surface area contributed by atoms with Crippen LogP contribution in [0, 0.1) is 0 Å². The Balaban J connectivity index is 0.000000223. The van der Waals surface area contributed by atoms with Gasteiger partial charge in [-0.1, -0.05) is 60.7 Å². The predicted molar refractivity (Wildman–Crippen MR) is 140 cm³/mol. The van der Waals surface area contributed by atoms with E-state index in [0.717, 1.165) is 23.3 Å². The summed E-state index contributed by atoms with van der Waals surface area (Å²) < 4.78 is 13.1. The minimum absolute atomic E-state index is 0.170. The molecule has 0 saturated heterocycles. The fraction of sp³-hybridized carbons (Fsp3) is 0.0667. The number of ether oxygens (including phenoxy) is 2. The molecular weight excluding hydrogens is 543 g/mol. The number of carbonyl (C=O) groups excluding carboxylic acids is 2. The zero-order valence-electron chi connectivity index (χ0n) is 19.2. The molecular formula is C30H26O4Sn. The van der Waals surface area contributed by atoms with Crippen LogP contribution in [0.5, 0.6) is 0 Å². The van der Waals surface area contributed by atoms with Gasteiger partial charge < -0.3 is 9.47 Å². The van der Waals surface area contributed by atoms with Crippen LogP contribution in [0.3, 0.4) is 0 Å². The molecule has 4 aromatic carbocycles. The summed E-state index contributed by atoms with van der Waals surface area (Å²) in [4.78, 5) is 23.0. The van der Waals surface area contributed by atoms with Gasteiger partial charge in [0, 0.05) is 12.2 Å². The van der Waals surface area contributed by atoms with E-state index in [9.17, 15) is 9.59 Å². The zero-order chi connectivity index (χ0) is 24.6. The van der Waals surface area contributed by atoms with Crippen molar-refractivity contribution in [3.05, 3.63) is 145 Å². The van der Waals surface area contributed by atoms with Crippen molar-refractivity contribution < 1.29 is 19.1 Å². The zero-order valence-corrected chi connectivity index (χ0v) is 22.1. The first kappa shape index (κ1) is 26.0. The molecule has 0 atom stereocenters. The first-order valence-corrected chi connectivity index (χ1v) is 14.0. The van der Waals surface area contributed by atoms with Crippen LogP contribution in [0.25, 0.3) is 0 Å². The van der Waals surface area contributed by atoms with Gasteiger partial charge in [-0.05, 0) is 11.1 Å². The molecule has 0 unspecified atom stereocenters. The second kappa shape index (κ2) is 15.3. The van der Waals surface area contributed by atoms with Gasteiger partial charge in [-0.2, -0.15) is 0 Å². The average molecular weight is 569 g/mol. The van der Waals surface area contributed by atoms with Crippen LogP contribution in [0.1, 0.15) is 11.1 Å². The molecule has 0 amide bonds. The van der Waals surface area contributed by atoms with Crippen molar-refractivity contribution in [2.75, 3.05) is 0 Å².